The van der Waals surface area contributed by atoms with Crippen LogP contribution in [0.25, 0.3) is 0 Å². The van der Waals surface area contributed by atoms with Gasteiger partial charge in [0.1, 0.15) is 11.9 Å². The van der Waals surface area contributed by atoms with E-state index in [0.717, 1.165) is 24.9 Å². The van der Waals surface area contributed by atoms with Crippen LogP contribution >= 0.6 is 0 Å². The van der Waals surface area contributed by atoms with Crippen molar-refractivity contribution >= 4 is 0 Å². The van der Waals surface area contributed by atoms with Crippen molar-refractivity contribution in [2.24, 2.45) is 5.92 Å². The Morgan fingerprint density at radius 1 is 1.53 bits per heavy atom. The van der Waals surface area contributed by atoms with Gasteiger partial charge < -0.3 is 5.11 Å². The van der Waals surface area contributed by atoms with Crippen molar-refractivity contribution < 1.29 is 9.50 Å². The molecule has 0 saturated carbocycles. The van der Waals surface area contributed by atoms with Gasteiger partial charge in [0.2, 0.25) is 0 Å². The van der Waals surface area contributed by atoms with Gasteiger partial charge in [0.25, 0.3) is 0 Å². The summed E-state index contributed by atoms with van der Waals surface area (Å²) in [4.78, 5) is 2.22. The summed E-state index contributed by atoms with van der Waals surface area (Å²) < 4.78 is 13.3. The van der Waals surface area contributed by atoms with E-state index in [1.54, 1.807) is 12.1 Å². The van der Waals surface area contributed by atoms with Crippen LogP contribution in [0.5, 0.6) is 0 Å². The lowest BCUT2D eigenvalue weighted by molar-refractivity contribution is 0.0472. The van der Waals surface area contributed by atoms with Gasteiger partial charge >= 0.3 is 0 Å². The fraction of sp³-hybridized carbons (Fsp3) is 0.533. The third-order valence-corrected chi connectivity index (χ3v) is 3.95. The quantitative estimate of drug-likeness (QED) is 0.909. The monoisotopic (exact) mass is 262 g/mol. The summed E-state index contributed by atoms with van der Waals surface area (Å²) in [7, 11) is 0. The minimum Gasteiger partial charge on any atom is -0.395 e. The first kappa shape index (κ1) is 14.0. The average Bonchev–Trinajstić information content (AvgIpc) is 2.41. The van der Waals surface area contributed by atoms with Crippen molar-refractivity contribution in [2.75, 3.05) is 13.2 Å². The number of aliphatic hydroxyl groups excluding tert-OH is 1. The zero-order valence-electron chi connectivity index (χ0n) is 11.1. The lowest BCUT2D eigenvalue weighted by Crippen LogP contribution is -2.45. The van der Waals surface area contributed by atoms with E-state index in [0.29, 0.717) is 12.5 Å². The van der Waals surface area contributed by atoms with Crippen molar-refractivity contribution in [3.8, 4) is 6.07 Å². The Balaban J connectivity index is 2.14. The van der Waals surface area contributed by atoms with E-state index in [4.69, 9.17) is 5.26 Å². The molecule has 0 aliphatic carbocycles. The number of piperidine rings is 1. The number of likely N-dealkylation sites (tertiary alicyclic amines) is 1. The van der Waals surface area contributed by atoms with E-state index in [9.17, 15) is 9.50 Å². The van der Waals surface area contributed by atoms with E-state index < -0.39 is 5.82 Å². The number of benzene rings is 1. The van der Waals surface area contributed by atoms with Crippen LogP contribution < -0.4 is 0 Å². The van der Waals surface area contributed by atoms with Crippen LogP contribution in [0.4, 0.5) is 4.39 Å². The SMILES string of the molecule is C[C@H]1CCCN(Cc2ccc(F)c(C#N)c2)[C@H]1CO. The van der Waals surface area contributed by atoms with E-state index in [1.165, 1.54) is 6.07 Å². The largest absolute Gasteiger partial charge is 0.395 e. The number of nitriles is 1. The van der Waals surface area contributed by atoms with Crippen LogP contribution in [0, 0.1) is 23.1 Å². The Kier molecular flexibility index (Phi) is 4.52. The molecule has 1 aromatic carbocycles. The predicted molar refractivity (Wildman–Crippen MR) is 70.8 cm³/mol. The molecule has 0 aromatic heterocycles. The van der Waals surface area contributed by atoms with Gasteiger partial charge in [-0.3, -0.25) is 4.90 Å². The topological polar surface area (TPSA) is 47.3 Å². The number of aliphatic hydroxyl groups is 1. The maximum absolute atomic E-state index is 13.3. The van der Waals surface area contributed by atoms with Crippen molar-refractivity contribution in [1.29, 1.82) is 5.26 Å². The van der Waals surface area contributed by atoms with Gasteiger partial charge in [0, 0.05) is 12.6 Å². The van der Waals surface area contributed by atoms with Crippen LogP contribution in [-0.4, -0.2) is 29.2 Å². The molecule has 1 aliphatic rings. The minimum atomic E-state index is -0.475. The summed E-state index contributed by atoms with van der Waals surface area (Å²) in [5, 5.41) is 18.3. The smallest absolute Gasteiger partial charge is 0.140 e. The zero-order valence-corrected chi connectivity index (χ0v) is 11.1. The second-order valence-corrected chi connectivity index (χ2v) is 5.27. The molecule has 19 heavy (non-hydrogen) atoms. The Hall–Kier alpha value is -1.44. The van der Waals surface area contributed by atoms with Gasteiger partial charge in [-0.2, -0.15) is 5.26 Å². The molecular formula is C15H19FN2O. The number of halogens is 1. The molecule has 1 fully saturated rings. The maximum atomic E-state index is 13.3. The normalized spacial score (nSPS) is 24.1. The Labute approximate surface area is 113 Å². The average molecular weight is 262 g/mol. The third kappa shape index (κ3) is 3.12. The zero-order chi connectivity index (χ0) is 13.8. The van der Waals surface area contributed by atoms with E-state index in [2.05, 4.69) is 11.8 Å². The number of hydrogen-bond acceptors (Lipinski definition) is 3. The summed E-state index contributed by atoms with van der Waals surface area (Å²) >= 11 is 0. The van der Waals surface area contributed by atoms with Crippen LogP contribution in [0.3, 0.4) is 0 Å². The van der Waals surface area contributed by atoms with Gasteiger partial charge in [-0.05, 0) is 43.0 Å². The molecule has 0 radical (unpaired) electrons. The first-order chi connectivity index (χ1) is 9.15. The number of hydrogen-bond donors (Lipinski definition) is 1. The molecule has 4 heteroatoms. The molecule has 2 rings (SSSR count). The van der Waals surface area contributed by atoms with Crippen LogP contribution in [0.2, 0.25) is 0 Å². The first-order valence-corrected chi connectivity index (χ1v) is 6.69. The lowest BCUT2D eigenvalue weighted by atomic mass is 9.91. The molecule has 2 atom stereocenters. The molecule has 0 amide bonds. The Morgan fingerprint density at radius 3 is 3.00 bits per heavy atom. The van der Waals surface area contributed by atoms with Crippen molar-refractivity contribution in [3.05, 3.63) is 35.1 Å². The molecule has 102 valence electrons. The van der Waals surface area contributed by atoms with Crippen molar-refractivity contribution in [2.45, 2.75) is 32.4 Å². The van der Waals surface area contributed by atoms with E-state index in [-0.39, 0.29) is 18.2 Å². The molecule has 0 spiro atoms. The number of rotatable bonds is 3. The first-order valence-electron chi connectivity index (χ1n) is 6.69. The molecule has 1 aromatic rings. The fourth-order valence-corrected chi connectivity index (χ4v) is 2.82. The van der Waals surface area contributed by atoms with Gasteiger partial charge in [0.15, 0.2) is 0 Å². The molecule has 1 heterocycles. The maximum Gasteiger partial charge on any atom is 0.140 e. The number of nitrogens with zero attached hydrogens (tertiary/aromatic N) is 2. The Morgan fingerprint density at radius 2 is 2.32 bits per heavy atom. The molecule has 0 unspecified atom stereocenters. The standard InChI is InChI=1S/C15H19FN2O/c1-11-3-2-6-18(15(11)10-19)9-12-4-5-14(16)13(7-12)8-17/h4-5,7,11,15,19H,2-3,6,9-10H2,1H3/t11-,15-/m0/s1. The second-order valence-electron chi connectivity index (χ2n) is 5.27. The summed E-state index contributed by atoms with van der Waals surface area (Å²) in [6, 6.07) is 6.68. The van der Waals surface area contributed by atoms with E-state index in [1.807, 2.05) is 6.07 Å². The highest BCUT2D eigenvalue weighted by Crippen LogP contribution is 2.25. The highest BCUT2D eigenvalue weighted by Gasteiger charge is 2.27. The van der Waals surface area contributed by atoms with Crippen molar-refractivity contribution in [1.82, 2.24) is 4.90 Å². The van der Waals surface area contributed by atoms with Crippen LogP contribution in [-0.2, 0) is 6.54 Å². The molecule has 3 nitrogen and oxygen atoms in total. The van der Waals surface area contributed by atoms with Gasteiger partial charge in [0.05, 0.1) is 12.2 Å². The molecule has 0 bridgehead atoms. The highest BCUT2D eigenvalue weighted by molar-refractivity contribution is 5.34. The summed E-state index contributed by atoms with van der Waals surface area (Å²) in [5.41, 5.74) is 1.01. The second kappa shape index (κ2) is 6.14. The van der Waals surface area contributed by atoms with Crippen molar-refractivity contribution in [3.63, 3.8) is 0 Å². The van der Waals surface area contributed by atoms with Gasteiger partial charge in [-0.15, -0.1) is 0 Å². The molecule has 1 N–H and O–H groups in total. The summed E-state index contributed by atoms with van der Waals surface area (Å²) in [6.07, 6.45) is 2.25. The summed E-state index contributed by atoms with van der Waals surface area (Å²) in [6.45, 7) is 3.89. The summed E-state index contributed by atoms with van der Waals surface area (Å²) in [5.74, 6) is -0.00777. The van der Waals surface area contributed by atoms with Gasteiger partial charge in [-0.1, -0.05) is 13.0 Å². The van der Waals surface area contributed by atoms with E-state index >= 15 is 0 Å². The Bertz CT molecular complexity index is 484. The molecule has 1 saturated heterocycles. The molecule has 1 aliphatic heterocycles. The fourth-order valence-electron chi connectivity index (χ4n) is 2.82. The van der Waals surface area contributed by atoms with Crippen LogP contribution in [0.15, 0.2) is 18.2 Å². The van der Waals surface area contributed by atoms with Gasteiger partial charge in [-0.25, -0.2) is 4.39 Å². The lowest BCUT2D eigenvalue weighted by Gasteiger charge is -2.39. The predicted octanol–water partition coefficient (Wildman–Crippen LogP) is 2.29. The van der Waals surface area contributed by atoms with Crippen LogP contribution in [0.1, 0.15) is 30.9 Å². The molecular weight excluding hydrogens is 243 g/mol. The third-order valence-electron chi connectivity index (χ3n) is 3.95. The highest BCUT2D eigenvalue weighted by atomic mass is 19.1. The minimum absolute atomic E-state index is 0.0862.